The molecule has 7 N–H and O–H groups in total. The molecule has 30 heavy (non-hydrogen) atoms. The minimum atomic E-state index is 0. The number of aromatic nitrogens is 1. The van der Waals surface area contributed by atoms with Gasteiger partial charge in [-0.25, -0.2) is 4.98 Å². The average Bonchev–Trinajstić information content (AvgIpc) is 2.76. The van der Waals surface area contributed by atoms with Crippen molar-refractivity contribution in [2.75, 3.05) is 11.5 Å². The van der Waals surface area contributed by atoms with Gasteiger partial charge in [0.25, 0.3) is 0 Å². The van der Waals surface area contributed by atoms with Crippen molar-refractivity contribution in [1.82, 2.24) is 11.1 Å². The predicted octanol–water partition coefficient (Wildman–Crippen LogP) is 5.18. The number of rotatable bonds is 6. The summed E-state index contributed by atoms with van der Waals surface area (Å²) in [5.41, 5.74) is 20.4. The number of anilines is 2. The van der Waals surface area contributed by atoms with Crippen LogP contribution in [0.25, 0.3) is 0 Å². The van der Waals surface area contributed by atoms with Crippen LogP contribution in [0.3, 0.4) is 0 Å². The quantitative estimate of drug-likeness (QED) is 0.418. The van der Waals surface area contributed by atoms with Gasteiger partial charge in [0.2, 0.25) is 0 Å². The zero-order chi connectivity index (χ0) is 20.1. The first-order valence-corrected chi connectivity index (χ1v) is 9.88. The highest BCUT2D eigenvalue weighted by Gasteiger charge is 2.17. The molecule has 0 saturated carbocycles. The van der Waals surface area contributed by atoms with E-state index in [0.29, 0.717) is 18.7 Å². The standard InChI is InChI=1S/C26H25N3.H3N/c27-25-22(16-19-10-4-1-5-11-19)24(18-21-14-8-3-9-15-21)29-26(28)23(25)17-20-12-6-2-7-13-20;/h1-15H,16-18H2,(H4,27,28,29);1H3. The van der Waals surface area contributed by atoms with Crippen LogP contribution in [0.1, 0.15) is 33.5 Å². The Kier molecular flexibility index (Phi) is 6.83. The molecule has 152 valence electrons. The largest absolute Gasteiger partial charge is 0.398 e. The van der Waals surface area contributed by atoms with E-state index in [9.17, 15) is 0 Å². The third-order valence-corrected chi connectivity index (χ3v) is 5.23. The van der Waals surface area contributed by atoms with Crippen molar-refractivity contribution < 1.29 is 0 Å². The van der Waals surface area contributed by atoms with E-state index in [2.05, 4.69) is 48.5 Å². The van der Waals surface area contributed by atoms with Crippen LogP contribution in [0, 0.1) is 0 Å². The fourth-order valence-corrected chi connectivity index (χ4v) is 3.67. The molecule has 1 heterocycles. The van der Waals surface area contributed by atoms with Crippen molar-refractivity contribution in [2.24, 2.45) is 0 Å². The lowest BCUT2D eigenvalue weighted by molar-refractivity contribution is 0.995. The average molecular weight is 397 g/mol. The van der Waals surface area contributed by atoms with Gasteiger partial charge in [-0.1, -0.05) is 91.0 Å². The Labute approximate surface area is 178 Å². The monoisotopic (exact) mass is 396 g/mol. The molecule has 0 saturated heterocycles. The zero-order valence-corrected chi connectivity index (χ0v) is 17.1. The van der Waals surface area contributed by atoms with Crippen molar-refractivity contribution in [1.29, 1.82) is 0 Å². The second kappa shape index (κ2) is 9.72. The summed E-state index contributed by atoms with van der Waals surface area (Å²) in [5.74, 6) is 0.522. The Balaban J connectivity index is 0.00000256. The van der Waals surface area contributed by atoms with Crippen LogP contribution < -0.4 is 17.6 Å². The summed E-state index contributed by atoms with van der Waals surface area (Å²) in [6.45, 7) is 0. The number of nitrogens with zero attached hydrogens (tertiary/aromatic N) is 1. The van der Waals surface area contributed by atoms with E-state index < -0.39 is 0 Å². The van der Waals surface area contributed by atoms with Gasteiger partial charge in [0.1, 0.15) is 5.82 Å². The molecule has 0 aliphatic rings. The van der Waals surface area contributed by atoms with Crippen LogP contribution in [0.4, 0.5) is 11.5 Å². The van der Waals surface area contributed by atoms with Gasteiger partial charge in [-0.05, 0) is 16.7 Å². The molecular weight excluding hydrogens is 368 g/mol. The van der Waals surface area contributed by atoms with Crippen molar-refractivity contribution in [3.63, 3.8) is 0 Å². The minimum absolute atomic E-state index is 0. The van der Waals surface area contributed by atoms with Crippen molar-refractivity contribution in [2.45, 2.75) is 19.3 Å². The first-order valence-electron chi connectivity index (χ1n) is 9.88. The summed E-state index contributed by atoms with van der Waals surface area (Å²) in [4.78, 5) is 4.82. The van der Waals surface area contributed by atoms with Gasteiger partial charge in [0.05, 0.1) is 5.69 Å². The Morgan fingerprint density at radius 1 is 0.533 bits per heavy atom. The SMILES string of the molecule is N.Nc1nc(Cc2ccccc2)c(Cc2ccccc2)c(N)c1Cc1ccccc1. The van der Waals surface area contributed by atoms with Gasteiger partial charge in [-0.15, -0.1) is 0 Å². The van der Waals surface area contributed by atoms with Crippen LogP contribution in [0.5, 0.6) is 0 Å². The van der Waals surface area contributed by atoms with E-state index in [1.807, 2.05) is 42.5 Å². The van der Waals surface area contributed by atoms with Crippen molar-refractivity contribution in [3.05, 3.63) is 125 Å². The normalized spacial score (nSPS) is 10.4. The van der Waals surface area contributed by atoms with Gasteiger partial charge in [0, 0.05) is 36.1 Å². The molecule has 4 rings (SSSR count). The van der Waals surface area contributed by atoms with Crippen LogP contribution in [-0.4, -0.2) is 4.98 Å². The number of hydrogen-bond donors (Lipinski definition) is 3. The lowest BCUT2D eigenvalue weighted by Crippen LogP contribution is -2.12. The van der Waals surface area contributed by atoms with Crippen molar-refractivity contribution in [3.8, 4) is 0 Å². The third-order valence-electron chi connectivity index (χ3n) is 5.23. The first kappa shape index (κ1) is 21.1. The summed E-state index contributed by atoms with van der Waals surface area (Å²) in [6, 6.07) is 31.0. The summed E-state index contributed by atoms with van der Waals surface area (Å²) < 4.78 is 0. The molecule has 0 unspecified atom stereocenters. The Hall–Kier alpha value is -3.63. The molecule has 4 nitrogen and oxygen atoms in total. The lowest BCUT2D eigenvalue weighted by atomic mass is 9.93. The molecule has 4 heteroatoms. The second-order valence-corrected chi connectivity index (χ2v) is 7.30. The third kappa shape index (κ3) is 4.85. The van der Waals surface area contributed by atoms with E-state index in [4.69, 9.17) is 16.5 Å². The highest BCUT2D eigenvalue weighted by atomic mass is 14.9. The van der Waals surface area contributed by atoms with Crippen molar-refractivity contribution >= 4 is 11.5 Å². The molecule has 0 amide bonds. The van der Waals surface area contributed by atoms with Gasteiger partial charge in [-0.2, -0.15) is 0 Å². The molecule has 3 aromatic carbocycles. The number of pyridine rings is 1. The zero-order valence-electron chi connectivity index (χ0n) is 17.1. The van der Waals surface area contributed by atoms with Gasteiger partial charge in [-0.3, -0.25) is 0 Å². The van der Waals surface area contributed by atoms with E-state index in [1.165, 1.54) is 16.7 Å². The topological polar surface area (TPSA) is 99.9 Å². The molecule has 0 atom stereocenters. The minimum Gasteiger partial charge on any atom is -0.398 e. The molecule has 0 radical (unpaired) electrons. The van der Waals surface area contributed by atoms with Crippen LogP contribution in [0.15, 0.2) is 91.0 Å². The number of nitrogen functional groups attached to an aromatic ring is 2. The first-order chi connectivity index (χ1) is 14.2. The number of benzene rings is 3. The Morgan fingerprint density at radius 2 is 0.933 bits per heavy atom. The smallest absolute Gasteiger partial charge is 0.129 e. The fraction of sp³-hybridized carbons (Fsp3) is 0.115. The maximum atomic E-state index is 6.71. The summed E-state index contributed by atoms with van der Waals surface area (Å²) in [6.07, 6.45) is 2.13. The van der Waals surface area contributed by atoms with Gasteiger partial charge < -0.3 is 17.6 Å². The fourth-order valence-electron chi connectivity index (χ4n) is 3.67. The Bertz CT molecular complexity index is 1080. The molecule has 4 aromatic rings. The lowest BCUT2D eigenvalue weighted by Gasteiger charge is -2.18. The molecule has 0 spiro atoms. The summed E-state index contributed by atoms with van der Waals surface area (Å²) >= 11 is 0. The molecule has 0 fully saturated rings. The number of nitrogens with two attached hydrogens (primary N) is 2. The van der Waals surface area contributed by atoms with Gasteiger partial charge in [0.15, 0.2) is 0 Å². The molecule has 1 aromatic heterocycles. The Morgan fingerprint density at radius 3 is 1.40 bits per heavy atom. The van der Waals surface area contributed by atoms with E-state index >= 15 is 0 Å². The van der Waals surface area contributed by atoms with E-state index in [1.54, 1.807) is 0 Å². The maximum absolute atomic E-state index is 6.71. The molecular formula is C26H28N4. The van der Waals surface area contributed by atoms with E-state index in [0.717, 1.165) is 28.9 Å². The summed E-state index contributed by atoms with van der Waals surface area (Å²) in [5, 5.41) is 0. The van der Waals surface area contributed by atoms with Crippen LogP contribution in [-0.2, 0) is 19.3 Å². The highest BCUT2D eigenvalue weighted by molar-refractivity contribution is 5.66. The maximum Gasteiger partial charge on any atom is 0.129 e. The molecule has 0 aliphatic carbocycles. The highest BCUT2D eigenvalue weighted by Crippen LogP contribution is 2.30. The van der Waals surface area contributed by atoms with Crippen LogP contribution >= 0.6 is 0 Å². The molecule has 0 aliphatic heterocycles. The predicted molar refractivity (Wildman–Crippen MR) is 126 cm³/mol. The van der Waals surface area contributed by atoms with Crippen LogP contribution in [0.2, 0.25) is 0 Å². The van der Waals surface area contributed by atoms with Gasteiger partial charge >= 0.3 is 0 Å². The van der Waals surface area contributed by atoms with E-state index in [-0.39, 0.29) is 6.15 Å². The second-order valence-electron chi connectivity index (χ2n) is 7.30. The summed E-state index contributed by atoms with van der Waals surface area (Å²) in [7, 11) is 0. The number of hydrogen-bond acceptors (Lipinski definition) is 4. The molecule has 0 bridgehead atoms.